The molecule has 0 spiro atoms. The van der Waals surface area contributed by atoms with Crippen LogP contribution in [0.3, 0.4) is 0 Å². The molecule has 0 unspecified atom stereocenters. The highest BCUT2D eigenvalue weighted by atomic mass is 16.5. The number of nitrogens with zero attached hydrogens (tertiary/aromatic N) is 3. The molecule has 3 heterocycles. The molecule has 4 aromatic rings. The molecule has 0 radical (unpaired) electrons. The van der Waals surface area contributed by atoms with E-state index in [1.54, 1.807) is 31.0 Å². The van der Waals surface area contributed by atoms with Crippen LogP contribution in [0.5, 0.6) is 11.5 Å². The number of hydrogen-bond acceptors (Lipinski definition) is 6. The second kappa shape index (κ2) is 10.0. The zero-order chi connectivity index (χ0) is 25.1. The van der Waals surface area contributed by atoms with Crippen LogP contribution in [0.15, 0.2) is 47.4 Å². The van der Waals surface area contributed by atoms with Crippen LogP contribution in [-0.4, -0.2) is 40.6 Å². The van der Waals surface area contributed by atoms with E-state index in [0.717, 1.165) is 17.5 Å². The molecular weight excluding hydrogens is 446 g/mol. The number of rotatable bonds is 8. The van der Waals surface area contributed by atoms with E-state index in [-0.39, 0.29) is 16.6 Å². The Hall–Kier alpha value is -4.14. The predicted octanol–water partition coefficient (Wildman–Crippen LogP) is 2.84. The van der Waals surface area contributed by atoms with E-state index in [0.29, 0.717) is 47.7 Å². The molecule has 0 bridgehead atoms. The lowest BCUT2D eigenvalue weighted by atomic mass is 10.1. The summed E-state index contributed by atoms with van der Waals surface area (Å²) in [7, 11) is 3.16. The van der Waals surface area contributed by atoms with Gasteiger partial charge in [-0.3, -0.25) is 19.4 Å². The highest BCUT2D eigenvalue weighted by Gasteiger charge is 2.17. The smallest absolute Gasteiger partial charge is 0.267 e. The van der Waals surface area contributed by atoms with Crippen molar-refractivity contribution in [3.63, 3.8) is 0 Å². The summed E-state index contributed by atoms with van der Waals surface area (Å²) in [5.41, 5.74) is 2.70. The molecule has 3 aromatic heterocycles. The summed E-state index contributed by atoms with van der Waals surface area (Å²) in [5, 5.41) is 11.9. The number of amides is 1. The number of pyridine rings is 2. The molecule has 182 valence electrons. The Balaban J connectivity index is 1.68. The van der Waals surface area contributed by atoms with Gasteiger partial charge in [0, 0.05) is 19.3 Å². The lowest BCUT2D eigenvalue weighted by Crippen LogP contribution is -2.35. The zero-order valence-electron chi connectivity index (χ0n) is 20.3. The summed E-state index contributed by atoms with van der Waals surface area (Å²) in [5.74, 6) is 0.852. The Morgan fingerprint density at radius 3 is 2.60 bits per heavy atom. The van der Waals surface area contributed by atoms with Gasteiger partial charge in [-0.05, 0) is 55.2 Å². The van der Waals surface area contributed by atoms with Gasteiger partial charge in [-0.1, -0.05) is 19.1 Å². The molecule has 4 rings (SSSR count). The van der Waals surface area contributed by atoms with E-state index < -0.39 is 5.91 Å². The molecule has 1 amide bonds. The third-order valence-corrected chi connectivity index (χ3v) is 5.97. The van der Waals surface area contributed by atoms with Crippen molar-refractivity contribution in [1.82, 2.24) is 19.3 Å². The van der Waals surface area contributed by atoms with Crippen LogP contribution in [0.1, 0.15) is 34.8 Å². The molecule has 0 aliphatic heterocycles. The normalized spacial score (nSPS) is 11.1. The van der Waals surface area contributed by atoms with Gasteiger partial charge in [0.25, 0.3) is 11.5 Å². The highest BCUT2D eigenvalue weighted by Crippen LogP contribution is 2.27. The topological polar surface area (TPSA) is 111 Å². The molecule has 0 aliphatic carbocycles. The quantitative estimate of drug-likeness (QED) is 0.381. The monoisotopic (exact) mass is 475 g/mol. The van der Waals surface area contributed by atoms with E-state index >= 15 is 0 Å². The first-order chi connectivity index (χ1) is 16.9. The maximum absolute atomic E-state index is 13.3. The first-order valence-electron chi connectivity index (χ1n) is 11.5. The van der Waals surface area contributed by atoms with Gasteiger partial charge in [0.2, 0.25) is 0 Å². The summed E-state index contributed by atoms with van der Waals surface area (Å²) in [6.07, 6.45) is 2.96. The number of carbonyl (C=O) groups excluding carboxylic acids is 1. The van der Waals surface area contributed by atoms with Gasteiger partial charge in [0.05, 0.1) is 25.2 Å². The second-order valence-corrected chi connectivity index (χ2v) is 8.29. The first-order valence-corrected chi connectivity index (χ1v) is 11.5. The number of aryl methyl sites for hydroxylation is 2. The minimum absolute atomic E-state index is 0.0350. The van der Waals surface area contributed by atoms with E-state index in [4.69, 9.17) is 19.9 Å². The molecule has 0 saturated heterocycles. The minimum Gasteiger partial charge on any atom is -0.493 e. The third-order valence-electron chi connectivity index (χ3n) is 5.97. The fraction of sp³-hybridized carbons (Fsp3) is 0.308. The van der Waals surface area contributed by atoms with E-state index in [1.165, 1.54) is 10.5 Å². The number of aromatic nitrogens is 3. The van der Waals surface area contributed by atoms with Crippen molar-refractivity contribution in [2.45, 2.75) is 33.2 Å². The summed E-state index contributed by atoms with van der Waals surface area (Å²) in [4.78, 5) is 31.1. The first kappa shape index (κ1) is 24.0. The van der Waals surface area contributed by atoms with Gasteiger partial charge in [-0.2, -0.15) is 0 Å². The Bertz CT molecular complexity index is 1540. The molecule has 1 aromatic carbocycles. The Kier molecular flexibility index (Phi) is 6.86. The Labute approximate surface area is 202 Å². The highest BCUT2D eigenvalue weighted by molar-refractivity contribution is 5.96. The number of methoxy groups -OCH3 is 2. The molecule has 0 atom stereocenters. The summed E-state index contributed by atoms with van der Waals surface area (Å²) >= 11 is 0. The molecule has 9 heteroatoms. The summed E-state index contributed by atoms with van der Waals surface area (Å²) in [6, 6.07) is 10.8. The average molecular weight is 476 g/mol. The van der Waals surface area contributed by atoms with E-state index in [9.17, 15) is 9.59 Å². The molecule has 2 N–H and O–H groups in total. The van der Waals surface area contributed by atoms with Gasteiger partial charge in [0.15, 0.2) is 11.5 Å². The van der Waals surface area contributed by atoms with Crippen molar-refractivity contribution in [2.75, 3.05) is 20.8 Å². The van der Waals surface area contributed by atoms with Crippen molar-refractivity contribution in [1.29, 1.82) is 5.41 Å². The minimum atomic E-state index is -0.407. The van der Waals surface area contributed by atoms with Gasteiger partial charge < -0.3 is 19.4 Å². The molecule has 0 aliphatic rings. The van der Waals surface area contributed by atoms with Crippen LogP contribution in [0.4, 0.5) is 0 Å². The summed E-state index contributed by atoms with van der Waals surface area (Å²) in [6.45, 7) is 4.69. The molecule has 0 fully saturated rings. The molecule has 0 saturated carbocycles. The van der Waals surface area contributed by atoms with Crippen molar-refractivity contribution in [3.05, 3.63) is 75.1 Å². The van der Waals surface area contributed by atoms with Gasteiger partial charge in [-0.15, -0.1) is 0 Å². The SMILES string of the molecule is CCCn1c(=N)c(C(=O)NCCc2ccc(OC)c(OC)c2)cc2c(=O)n3cccc(C)c3nc21. The van der Waals surface area contributed by atoms with Crippen LogP contribution < -0.4 is 25.8 Å². The zero-order valence-corrected chi connectivity index (χ0v) is 20.3. The fourth-order valence-electron chi connectivity index (χ4n) is 4.16. The fourth-order valence-corrected chi connectivity index (χ4v) is 4.16. The van der Waals surface area contributed by atoms with E-state index in [2.05, 4.69) is 5.32 Å². The number of benzene rings is 1. The van der Waals surface area contributed by atoms with Crippen LogP contribution in [0, 0.1) is 12.3 Å². The number of nitrogens with one attached hydrogen (secondary N) is 2. The predicted molar refractivity (Wildman–Crippen MR) is 133 cm³/mol. The van der Waals surface area contributed by atoms with Crippen LogP contribution in [0.2, 0.25) is 0 Å². The summed E-state index contributed by atoms with van der Waals surface area (Å²) < 4.78 is 13.7. The molecular formula is C26H29N5O4. The molecule has 35 heavy (non-hydrogen) atoms. The maximum Gasteiger partial charge on any atom is 0.267 e. The van der Waals surface area contributed by atoms with Crippen LogP contribution in [0.25, 0.3) is 16.7 Å². The van der Waals surface area contributed by atoms with Crippen molar-refractivity contribution in [3.8, 4) is 11.5 Å². The Morgan fingerprint density at radius 1 is 1.11 bits per heavy atom. The van der Waals surface area contributed by atoms with Crippen molar-refractivity contribution < 1.29 is 14.3 Å². The number of carbonyl (C=O) groups is 1. The average Bonchev–Trinajstić information content (AvgIpc) is 2.86. The van der Waals surface area contributed by atoms with Crippen molar-refractivity contribution >= 4 is 22.6 Å². The maximum atomic E-state index is 13.3. The molecule has 9 nitrogen and oxygen atoms in total. The second-order valence-electron chi connectivity index (χ2n) is 8.29. The lowest BCUT2D eigenvalue weighted by Gasteiger charge is -2.15. The standard InChI is InChI=1S/C26H29N5O4/c1-5-12-30-22(27)18(15-19-24(30)29-23-16(2)7-6-13-31(23)26(19)33)25(32)28-11-10-17-8-9-20(34-3)21(14-17)35-4/h6-9,13-15,27H,5,10-12H2,1-4H3,(H,28,32). The van der Waals surface area contributed by atoms with Gasteiger partial charge in [0.1, 0.15) is 16.8 Å². The van der Waals surface area contributed by atoms with Gasteiger partial charge in [-0.25, -0.2) is 4.98 Å². The van der Waals surface area contributed by atoms with Crippen molar-refractivity contribution in [2.24, 2.45) is 0 Å². The van der Waals surface area contributed by atoms with Crippen LogP contribution in [-0.2, 0) is 13.0 Å². The van der Waals surface area contributed by atoms with E-state index in [1.807, 2.05) is 38.1 Å². The lowest BCUT2D eigenvalue weighted by molar-refractivity contribution is 0.0951. The van der Waals surface area contributed by atoms with Crippen LogP contribution >= 0.6 is 0 Å². The third kappa shape index (κ3) is 4.49. The number of hydrogen-bond donors (Lipinski definition) is 2. The van der Waals surface area contributed by atoms with Gasteiger partial charge >= 0.3 is 0 Å². The Morgan fingerprint density at radius 2 is 1.89 bits per heavy atom. The number of fused-ring (bicyclic) bond motifs is 2. The largest absolute Gasteiger partial charge is 0.493 e. The number of ether oxygens (including phenoxy) is 2.